The molecule has 1 saturated carbocycles. The molecule has 0 amide bonds. The maximum Gasteiger partial charge on any atom is 0.191 e. The number of nitrogens with zero attached hydrogens (tertiary/aromatic N) is 4. The first kappa shape index (κ1) is 23.4. The van der Waals surface area contributed by atoms with Crippen LogP contribution in [0, 0.1) is 0 Å². The third kappa shape index (κ3) is 6.90. The summed E-state index contributed by atoms with van der Waals surface area (Å²) in [6.45, 7) is 8.44. The number of likely N-dealkylation sites (tertiary alicyclic amines) is 1. The fraction of sp³-hybridized carbons (Fsp3) is 0.810. The number of rotatable bonds is 8. The van der Waals surface area contributed by atoms with Gasteiger partial charge in [-0.2, -0.15) is 0 Å². The summed E-state index contributed by atoms with van der Waals surface area (Å²) in [5.74, 6) is 0.977. The van der Waals surface area contributed by atoms with Crippen molar-refractivity contribution in [2.24, 2.45) is 4.99 Å². The fourth-order valence-corrected chi connectivity index (χ4v) is 4.61. The number of aliphatic imine (C=N–C) groups is 1. The second kappa shape index (κ2) is 12.7. The minimum atomic E-state index is 0. The highest BCUT2D eigenvalue weighted by molar-refractivity contribution is 14.0. The molecule has 0 aromatic carbocycles. The number of nitrogens with one attached hydrogen (secondary N) is 2. The van der Waals surface area contributed by atoms with Crippen LogP contribution in [0.25, 0.3) is 0 Å². The van der Waals surface area contributed by atoms with Gasteiger partial charge >= 0.3 is 0 Å². The van der Waals surface area contributed by atoms with E-state index < -0.39 is 0 Å². The molecule has 0 radical (unpaired) electrons. The van der Waals surface area contributed by atoms with E-state index in [9.17, 15) is 0 Å². The van der Waals surface area contributed by atoms with Crippen LogP contribution in [0.4, 0.5) is 0 Å². The molecule has 2 heterocycles. The number of hydrogen-bond acceptors (Lipinski definition) is 3. The van der Waals surface area contributed by atoms with Crippen molar-refractivity contribution in [3.63, 3.8) is 0 Å². The summed E-state index contributed by atoms with van der Waals surface area (Å²) >= 11 is 0. The summed E-state index contributed by atoms with van der Waals surface area (Å²) in [4.78, 5) is 11.9. The van der Waals surface area contributed by atoms with Gasteiger partial charge in [-0.25, -0.2) is 4.98 Å². The molecule has 0 bridgehead atoms. The summed E-state index contributed by atoms with van der Waals surface area (Å²) in [5, 5.41) is 6.97. The van der Waals surface area contributed by atoms with Crippen LogP contribution < -0.4 is 10.6 Å². The van der Waals surface area contributed by atoms with E-state index in [0.717, 1.165) is 38.6 Å². The monoisotopic (exact) mass is 502 g/mol. The Morgan fingerprint density at radius 3 is 2.50 bits per heavy atom. The number of piperidine rings is 1. The van der Waals surface area contributed by atoms with Gasteiger partial charge in [-0.3, -0.25) is 9.89 Å². The standard InChI is InChI=1S/C21H38N6.HI/c1-2-23-20(24-12-9-14-26-17-13-22-19-26)25-18-21(10-5-3-6-11-21)27-15-7-4-8-16-27;/h13,17,19H,2-12,14-16,18H2,1H3,(H2,23,24,25);1H. The van der Waals surface area contributed by atoms with Crippen molar-refractivity contribution in [3.8, 4) is 0 Å². The number of aromatic nitrogens is 2. The van der Waals surface area contributed by atoms with Gasteiger partial charge in [0.15, 0.2) is 5.96 Å². The van der Waals surface area contributed by atoms with Gasteiger partial charge in [-0.05, 0) is 52.1 Å². The van der Waals surface area contributed by atoms with E-state index in [-0.39, 0.29) is 24.0 Å². The molecule has 6 nitrogen and oxygen atoms in total. The van der Waals surface area contributed by atoms with Gasteiger partial charge in [-0.1, -0.05) is 25.7 Å². The minimum absolute atomic E-state index is 0. The number of aryl methyl sites for hydroxylation is 1. The molecule has 160 valence electrons. The lowest BCUT2D eigenvalue weighted by Gasteiger charge is -2.47. The first-order valence-electron chi connectivity index (χ1n) is 11.1. The highest BCUT2D eigenvalue weighted by atomic mass is 127. The molecular weight excluding hydrogens is 463 g/mol. The maximum absolute atomic E-state index is 5.05. The molecule has 28 heavy (non-hydrogen) atoms. The third-order valence-corrected chi connectivity index (χ3v) is 6.13. The summed E-state index contributed by atoms with van der Waals surface area (Å²) in [6, 6.07) is 0. The molecule has 2 fully saturated rings. The molecule has 1 aliphatic carbocycles. The van der Waals surface area contributed by atoms with Gasteiger partial charge in [0.05, 0.1) is 12.9 Å². The first-order chi connectivity index (χ1) is 13.3. The van der Waals surface area contributed by atoms with E-state index in [1.807, 2.05) is 18.7 Å². The Bertz CT molecular complexity index is 547. The molecule has 2 N–H and O–H groups in total. The van der Waals surface area contributed by atoms with Crippen molar-refractivity contribution >= 4 is 29.9 Å². The van der Waals surface area contributed by atoms with Crippen LogP contribution in [0.5, 0.6) is 0 Å². The lowest BCUT2D eigenvalue weighted by molar-refractivity contribution is 0.0407. The van der Waals surface area contributed by atoms with Crippen molar-refractivity contribution in [2.45, 2.75) is 76.8 Å². The Morgan fingerprint density at radius 2 is 1.82 bits per heavy atom. The van der Waals surface area contributed by atoms with Gasteiger partial charge in [0, 0.05) is 37.6 Å². The van der Waals surface area contributed by atoms with E-state index >= 15 is 0 Å². The number of hydrogen-bond donors (Lipinski definition) is 2. The van der Waals surface area contributed by atoms with Gasteiger partial charge in [0.1, 0.15) is 0 Å². The van der Waals surface area contributed by atoms with Crippen molar-refractivity contribution in [2.75, 3.05) is 32.7 Å². The largest absolute Gasteiger partial charge is 0.357 e. The van der Waals surface area contributed by atoms with Crippen molar-refractivity contribution in [3.05, 3.63) is 18.7 Å². The summed E-state index contributed by atoms with van der Waals surface area (Å²) in [6.07, 6.45) is 17.7. The van der Waals surface area contributed by atoms with E-state index in [4.69, 9.17) is 4.99 Å². The maximum atomic E-state index is 5.05. The molecule has 2 aliphatic rings. The Balaban J connectivity index is 0.00000280. The number of imidazole rings is 1. The molecule has 0 unspecified atom stereocenters. The van der Waals surface area contributed by atoms with Crippen LogP contribution in [0.15, 0.2) is 23.7 Å². The Labute approximate surface area is 188 Å². The van der Waals surface area contributed by atoms with E-state index in [1.165, 1.54) is 64.5 Å². The van der Waals surface area contributed by atoms with Crippen LogP contribution >= 0.6 is 24.0 Å². The smallest absolute Gasteiger partial charge is 0.191 e. The van der Waals surface area contributed by atoms with Crippen molar-refractivity contribution < 1.29 is 0 Å². The van der Waals surface area contributed by atoms with Crippen LogP contribution in [-0.2, 0) is 6.54 Å². The lowest BCUT2D eigenvalue weighted by atomic mass is 9.79. The van der Waals surface area contributed by atoms with Gasteiger partial charge < -0.3 is 15.2 Å². The summed E-state index contributed by atoms with van der Waals surface area (Å²) < 4.78 is 2.12. The quantitative estimate of drug-likeness (QED) is 0.247. The van der Waals surface area contributed by atoms with Crippen molar-refractivity contribution in [1.29, 1.82) is 0 Å². The highest BCUT2D eigenvalue weighted by Gasteiger charge is 2.38. The van der Waals surface area contributed by atoms with Crippen LogP contribution in [-0.4, -0.2) is 58.7 Å². The SMILES string of the molecule is CCNC(=NCC1(N2CCCCC2)CCCCC1)NCCCn1ccnc1.I. The fourth-order valence-electron chi connectivity index (χ4n) is 4.61. The Morgan fingerprint density at radius 1 is 1.07 bits per heavy atom. The van der Waals surface area contributed by atoms with E-state index in [2.05, 4.69) is 32.0 Å². The zero-order chi connectivity index (χ0) is 18.8. The predicted octanol–water partition coefficient (Wildman–Crippen LogP) is 3.64. The first-order valence-corrected chi connectivity index (χ1v) is 11.1. The summed E-state index contributed by atoms with van der Waals surface area (Å²) in [7, 11) is 0. The molecular formula is C21H39IN6. The molecule has 7 heteroatoms. The van der Waals surface area contributed by atoms with Crippen molar-refractivity contribution in [1.82, 2.24) is 25.1 Å². The molecule has 1 saturated heterocycles. The molecule has 1 aromatic rings. The number of guanidine groups is 1. The Kier molecular flexibility index (Phi) is 10.6. The van der Waals surface area contributed by atoms with Gasteiger partial charge in [-0.15, -0.1) is 24.0 Å². The molecule has 3 rings (SSSR count). The van der Waals surface area contributed by atoms with Crippen LogP contribution in [0.1, 0.15) is 64.7 Å². The van der Waals surface area contributed by atoms with Crippen LogP contribution in [0.3, 0.4) is 0 Å². The van der Waals surface area contributed by atoms with E-state index in [0.29, 0.717) is 5.54 Å². The zero-order valence-corrected chi connectivity index (χ0v) is 19.9. The average Bonchev–Trinajstić information content (AvgIpc) is 3.24. The molecule has 0 atom stereocenters. The average molecular weight is 502 g/mol. The topological polar surface area (TPSA) is 57.5 Å². The molecule has 1 aromatic heterocycles. The number of halogens is 1. The normalized spacial score (nSPS) is 20.4. The van der Waals surface area contributed by atoms with Gasteiger partial charge in [0.2, 0.25) is 0 Å². The van der Waals surface area contributed by atoms with Crippen LogP contribution in [0.2, 0.25) is 0 Å². The second-order valence-electron chi connectivity index (χ2n) is 8.11. The second-order valence-corrected chi connectivity index (χ2v) is 8.11. The Hall–Kier alpha value is -0.830. The minimum Gasteiger partial charge on any atom is -0.357 e. The molecule has 1 aliphatic heterocycles. The lowest BCUT2D eigenvalue weighted by Crippen LogP contribution is -2.54. The summed E-state index contributed by atoms with van der Waals surface area (Å²) in [5.41, 5.74) is 0.303. The van der Waals surface area contributed by atoms with Gasteiger partial charge in [0.25, 0.3) is 0 Å². The predicted molar refractivity (Wildman–Crippen MR) is 127 cm³/mol. The molecule has 0 spiro atoms. The highest BCUT2D eigenvalue weighted by Crippen LogP contribution is 2.35. The third-order valence-electron chi connectivity index (χ3n) is 6.13. The zero-order valence-electron chi connectivity index (χ0n) is 17.5. The van der Waals surface area contributed by atoms with E-state index in [1.54, 1.807) is 0 Å².